The van der Waals surface area contributed by atoms with E-state index in [4.69, 9.17) is 5.73 Å². The Bertz CT molecular complexity index is 949. The fourth-order valence-corrected chi connectivity index (χ4v) is 2.74. The van der Waals surface area contributed by atoms with Crippen molar-refractivity contribution in [1.29, 1.82) is 0 Å². The quantitative estimate of drug-likeness (QED) is 0.730. The maximum Gasteiger partial charge on any atom is 0.254 e. The van der Waals surface area contributed by atoms with Crippen LogP contribution in [0.1, 0.15) is 33.7 Å². The SMILES string of the molecule is Cc1nc2c(C(N)=O)cnn2c(C)c1CCC(=O)Nc1ccncc1. The number of rotatable bonds is 5. The number of aromatic nitrogens is 4. The fourth-order valence-electron chi connectivity index (χ4n) is 2.74. The molecule has 0 atom stereocenters. The van der Waals surface area contributed by atoms with Crippen molar-refractivity contribution in [2.45, 2.75) is 26.7 Å². The third-order valence-corrected chi connectivity index (χ3v) is 4.04. The van der Waals surface area contributed by atoms with Crippen molar-refractivity contribution in [1.82, 2.24) is 19.6 Å². The van der Waals surface area contributed by atoms with E-state index < -0.39 is 5.91 Å². The maximum absolute atomic E-state index is 12.1. The van der Waals surface area contributed by atoms with Crippen molar-refractivity contribution in [3.8, 4) is 0 Å². The van der Waals surface area contributed by atoms with Crippen LogP contribution in [0.15, 0.2) is 30.7 Å². The molecule has 0 aliphatic heterocycles. The molecule has 128 valence electrons. The van der Waals surface area contributed by atoms with Gasteiger partial charge in [-0.1, -0.05) is 0 Å². The summed E-state index contributed by atoms with van der Waals surface area (Å²) in [5, 5.41) is 7.01. The molecule has 3 aromatic heterocycles. The lowest BCUT2D eigenvalue weighted by Gasteiger charge is -2.11. The van der Waals surface area contributed by atoms with Crippen LogP contribution in [0.5, 0.6) is 0 Å². The van der Waals surface area contributed by atoms with E-state index in [1.54, 1.807) is 29.0 Å². The van der Waals surface area contributed by atoms with Gasteiger partial charge in [-0.3, -0.25) is 14.6 Å². The average Bonchev–Trinajstić information content (AvgIpc) is 2.99. The summed E-state index contributed by atoms with van der Waals surface area (Å²) >= 11 is 0. The van der Waals surface area contributed by atoms with Crippen molar-refractivity contribution in [2.75, 3.05) is 5.32 Å². The van der Waals surface area contributed by atoms with Gasteiger partial charge >= 0.3 is 0 Å². The molecule has 0 spiro atoms. The van der Waals surface area contributed by atoms with Crippen LogP contribution in [0.25, 0.3) is 5.65 Å². The summed E-state index contributed by atoms with van der Waals surface area (Å²) < 4.78 is 1.59. The minimum atomic E-state index is -0.564. The lowest BCUT2D eigenvalue weighted by Crippen LogP contribution is -2.15. The molecule has 3 aromatic rings. The van der Waals surface area contributed by atoms with E-state index in [9.17, 15) is 9.59 Å². The van der Waals surface area contributed by atoms with Gasteiger partial charge in [0.25, 0.3) is 5.91 Å². The monoisotopic (exact) mass is 338 g/mol. The van der Waals surface area contributed by atoms with Gasteiger partial charge in [-0.05, 0) is 38.0 Å². The van der Waals surface area contributed by atoms with E-state index in [0.717, 1.165) is 17.0 Å². The normalized spacial score (nSPS) is 10.8. The van der Waals surface area contributed by atoms with Crippen molar-refractivity contribution in [2.24, 2.45) is 5.73 Å². The number of aryl methyl sites for hydroxylation is 2. The predicted molar refractivity (Wildman–Crippen MR) is 92.2 cm³/mol. The number of anilines is 1. The van der Waals surface area contributed by atoms with Gasteiger partial charge in [-0.15, -0.1) is 0 Å². The summed E-state index contributed by atoms with van der Waals surface area (Å²) in [4.78, 5) is 31.9. The van der Waals surface area contributed by atoms with Crippen molar-refractivity contribution in [3.63, 3.8) is 0 Å². The van der Waals surface area contributed by atoms with Gasteiger partial charge in [0.05, 0.1) is 6.20 Å². The number of hydrogen-bond acceptors (Lipinski definition) is 5. The first-order valence-electron chi connectivity index (χ1n) is 7.81. The largest absolute Gasteiger partial charge is 0.365 e. The first-order chi connectivity index (χ1) is 12.0. The number of carbonyl (C=O) groups is 2. The Morgan fingerprint density at radius 3 is 2.64 bits per heavy atom. The van der Waals surface area contributed by atoms with E-state index in [1.807, 2.05) is 13.8 Å². The molecule has 3 heterocycles. The predicted octanol–water partition coefficient (Wildman–Crippen LogP) is 1.41. The molecule has 2 amide bonds. The van der Waals surface area contributed by atoms with Crippen LogP contribution < -0.4 is 11.1 Å². The molecule has 8 nitrogen and oxygen atoms in total. The van der Waals surface area contributed by atoms with Gasteiger partial charge in [0.2, 0.25) is 5.91 Å². The minimum Gasteiger partial charge on any atom is -0.365 e. The second kappa shape index (κ2) is 6.68. The number of nitrogens with two attached hydrogens (primary N) is 1. The van der Waals surface area contributed by atoms with Crippen molar-refractivity contribution < 1.29 is 9.59 Å². The van der Waals surface area contributed by atoms with Gasteiger partial charge in [0, 0.05) is 35.9 Å². The number of fused-ring (bicyclic) bond motifs is 1. The van der Waals surface area contributed by atoms with Crippen molar-refractivity contribution in [3.05, 3.63) is 53.2 Å². The molecule has 25 heavy (non-hydrogen) atoms. The molecule has 0 aliphatic rings. The molecule has 0 aromatic carbocycles. The number of carbonyl (C=O) groups excluding carboxylic acids is 2. The summed E-state index contributed by atoms with van der Waals surface area (Å²) in [5.74, 6) is -0.658. The van der Waals surface area contributed by atoms with Crippen LogP contribution in [0.3, 0.4) is 0 Å². The Kier molecular flexibility index (Phi) is 4.42. The molecule has 0 aliphatic carbocycles. The van der Waals surface area contributed by atoms with Gasteiger partial charge in [0.15, 0.2) is 5.65 Å². The van der Waals surface area contributed by atoms with Gasteiger partial charge in [-0.25, -0.2) is 9.50 Å². The van der Waals surface area contributed by atoms with E-state index >= 15 is 0 Å². The summed E-state index contributed by atoms with van der Waals surface area (Å²) in [7, 11) is 0. The number of hydrogen-bond donors (Lipinski definition) is 2. The van der Waals surface area contributed by atoms with Crippen LogP contribution in [0.2, 0.25) is 0 Å². The van der Waals surface area contributed by atoms with Gasteiger partial charge in [-0.2, -0.15) is 5.10 Å². The first kappa shape index (κ1) is 16.6. The smallest absolute Gasteiger partial charge is 0.254 e. The molecular weight excluding hydrogens is 320 g/mol. The van der Waals surface area contributed by atoms with Crippen LogP contribution in [-0.4, -0.2) is 31.4 Å². The Morgan fingerprint density at radius 1 is 1.24 bits per heavy atom. The van der Waals surface area contributed by atoms with Crippen LogP contribution in [-0.2, 0) is 11.2 Å². The Morgan fingerprint density at radius 2 is 1.96 bits per heavy atom. The van der Waals surface area contributed by atoms with E-state index in [1.165, 1.54) is 6.20 Å². The third kappa shape index (κ3) is 3.32. The van der Waals surface area contributed by atoms with Gasteiger partial charge < -0.3 is 11.1 Å². The highest BCUT2D eigenvalue weighted by atomic mass is 16.2. The zero-order chi connectivity index (χ0) is 18.0. The van der Waals surface area contributed by atoms with E-state index in [0.29, 0.717) is 24.2 Å². The fraction of sp³-hybridized carbons (Fsp3) is 0.235. The number of primary amides is 1. The number of amides is 2. The maximum atomic E-state index is 12.1. The highest BCUT2D eigenvalue weighted by molar-refractivity contribution is 5.98. The molecule has 8 heteroatoms. The highest BCUT2D eigenvalue weighted by Crippen LogP contribution is 2.18. The lowest BCUT2D eigenvalue weighted by atomic mass is 10.1. The number of pyridine rings is 1. The second-order valence-electron chi connectivity index (χ2n) is 5.70. The molecule has 0 bridgehead atoms. The van der Waals surface area contributed by atoms with Crippen LogP contribution in [0.4, 0.5) is 5.69 Å². The Balaban J connectivity index is 1.80. The molecule has 0 unspecified atom stereocenters. The molecule has 0 radical (unpaired) electrons. The zero-order valence-electron chi connectivity index (χ0n) is 14.0. The summed E-state index contributed by atoms with van der Waals surface area (Å²) in [6.07, 6.45) is 5.48. The summed E-state index contributed by atoms with van der Waals surface area (Å²) in [6.45, 7) is 3.73. The summed E-state index contributed by atoms with van der Waals surface area (Å²) in [6, 6.07) is 3.47. The number of nitrogens with one attached hydrogen (secondary N) is 1. The molecule has 0 fully saturated rings. The van der Waals surface area contributed by atoms with Gasteiger partial charge in [0.1, 0.15) is 5.56 Å². The lowest BCUT2D eigenvalue weighted by molar-refractivity contribution is -0.116. The third-order valence-electron chi connectivity index (χ3n) is 4.04. The summed E-state index contributed by atoms with van der Waals surface area (Å²) in [5.41, 5.74) is 9.30. The van der Waals surface area contributed by atoms with Crippen LogP contribution >= 0.6 is 0 Å². The number of nitrogens with zero attached hydrogens (tertiary/aromatic N) is 4. The molecular formula is C17H18N6O2. The highest BCUT2D eigenvalue weighted by Gasteiger charge is 2.17. The second-order valence-corrected chi connectivity index (χ2v) is 5.70. The topological polar surface area (TPSA) is 115 Å². The molecule has 3 rings (SSSR count). The van der Waals surface area contributed by atoms with Crippen LogP contribution in [0, 0.1) is 13.8 Å². The Hall–Kier alpha value is -3.29. The minimum absolute atomic E-state index is 0.0941. The molecule has 0 saturated heterocycles. The Labute approximate surface area is 144 Å². The average molecular weight is 338 g/mol. The zero-order valence-corrected chi connectivity index (χ0v) is 14.0. The van der Waals surface area contributed by atoms with Crippen molar-refractivity contribution >= 4 is 23.1 Å². The van der Waals surface area contributed by atoms with E-state index in [2.05, 4.69) is 20.4 Å². The first-order valence-corrected chi connectivity index (χ1v) is 7.81. The van der Waals surface area contributed by atoms with E-state index in [-0.39, 0.29) is 11.5 Å². The molecule has 3 N–H and O–H groups in total. The standard InChI is InChI=1S/C17H18N6O2/c1-10-13(3-4-15(24)22-12-5-7-19-8-6-12)11(2)23-17(21-10)14(9-20-23)16(18)25/h5-9H,3-4H2,1-2H3,(H2,18,25)(H,19,22,24). The molecule has 0 saturated carbocycles.